The first-order valence-electron chi connectivity index (χ1n) is 3.35. The van der Waals surface area contributed by atoms with Crippen LogP contribution >= 0.6 is 0 Å². The minimum atomic E-state index is -1.41. The van der Waals surface area contributed by atoms with Crippen LogP contribution in [-0.2, 0) is 20.6 Å². The molecule has 1 aromatic rings. The zero-order valence-electron chi connectivity index (χ0n) is 6.30. The zero-order valence-corrected chi connectivity index (χ0v) is 7.12. The average molecular weight is 179 g/mol. The highest BCUT2D eigenvalue weighted by molar-refractivity contribution is 7.74. The molecule has 0 aliphatic carbocycles. The van der Waals surface area contributed by atoms with Crippen LogP contribution in [-0.4, -0.2) is 0 Å². The molecule has 0 saturated carbocycles. The molecular weight excluding hydrogens is 172 g/mol. The van der Waals surface area contributed by atoms with Crippen molar-refractivity contribution in [3.05, 3.63) is 35.9 Å². The number of rotatable bonds is 2. The van der Waals surface area contributed by atoms with Gasteiger partial charge in [0, 0.05) is 0 Å². The van der Waals surface area contributed by atoms with Gasteiger partial charge in [-0.1, -0.05) is 41.6 Å². The summed E-state index contributed by atoms with van der Waals surface area (Å²) in [5.74, 6) is 0.314. The normalized spacial score (nSPS) is 12.2. The third kappa shape index (κ3) is 2.72. The third-order valence-electron chi connectivity index (χ3n) is 1.28. The first kappa shape index (κ1) is 8.75. The maximum atomic E-state index is 10.9. The fourth-order valence-electron chi connectivity index (χ4n) is 0.795. The summed E-state index contributed by atoms with van der Waals surface area (Å²) in [6, 6.07) is 9.31. The Morgan fingerprint density at radius 2 is 2.08 bits per heavy atom. The molecule has 0 heterocycles. The van der Waals surface area contributed by atoms with Gasteiger partial charge in [0.15, 0.2) is 6.19 Å². The van der Waals surface area contributed by atoms with Crippen LogP contribution in [0.1, 0.15) is 5.56 Å². The second-order valence-electron chi connectivity index (χ2n) is 2.14. The molecular formula is C8H7N2OS-. The number of nitrogens with zero attached hydrogens (tertiary/aromatic N) is 2. The molecule has 0 unspecified atom stereocenters. The summed E-state index contributed by atoms with van der Waals surface area (Å²) in [6.07, 6.45) is 1.51. The molecule has 0 fully saturated rings. The van der Waals surface area contributed by atoms with Gasteiger partial charge in [-0.05, 0) is 0 Å². The Morgan fingerprint density at radius 1 is 1.42 bits per heavy atom. The van der Waals surface area contributed by atoms with Gasteiger partial charge in [0.25, 0.3) is 0 Å². The molecule has 1 aromatic carbocycles. The second kappa shape index (κ2) is 4.52. The Balaban J connectivity index is 2.73. The standard InChI is InChI=1S/C8H7N2OS/c9-7-10-12(11)6-8-4-2-1-3-5-8/h1-5H,6H2/q-1. The molecule has 0 atom stereocenters. The minimum Gasteiger partial charge on any atom is -0.443 e. The summed E-state index contributed by atoms with van der Waals surface area (Å²) in [6.45, 7) is 0. The lowest BCUT2D eigenvalue weighted by atomic mass is 10.2. The van der Waals surface area contributed by atoms with Crippen LogP contribution in [0.3, 0.4) is 0 Å². The summed E-state index contributed by atoms with van der Waals surface area (Å²) < 4.78 is 14.1. The summed E-state index contributed by atoms with van der Waals surface area (Å²) in [7, 11) is -1.41. The number of hydrogen-bond acceptors (Lipinski definition) is 4. The van der Waals surface area contributed by atoms with Gasteiger partial charge in [-0.15, -0.1) is 0 Å². The topological polar surface area (TPSA) is 53.2 Å². The minimum absolute atomic E-state index is 0.314. The van der Waals surface area contributed by atoms with Crippen molar-refractivity contribution in [2.45, 2.75) is 5.75 Å². The smallest absolute Gasteiger partial charge is 0.180 e. The van der Waals surface area contributed by atoms with Crippen molar-refractivity contribution in [3.63, 3.8) is 0 Å². The van der Waals surface area contributed by atoms with E-state index in [1.54, 1.807) is 0 Å². The maximum Gasteiger partial charge on any atom is 0.180 e. The molecule has 62 valence electrons. The largest absolute Gasteiger partial charge is 0.443 e. The van der Waals surface area contributed by atoms with E-state index in [1.165, 1.54) is 6.19 Å². The van der Waals surface area contributed by atoms with Crippen LogP contribution in [0.2, 0.25) is 0 Å². The van der Waals surface area contributed by atoms with Gasteiger partial charge in [-0.25, -0.2) is 0 Å². The molecule has 0 aliphatic rings. The van der Waals surface area contributed by atoms with Gasteiger partial charge >= 0.3 is 0 Å². The van der Waals surface area contributed by atoms with Crippen molar-refractivity contribution in [2.75, 3.05) is 0 Å². The second-order valence-corrected chi connectivity index (χ2v) is 3.26. The number of nitriles is 1. The predicted molar refractivity (Wildman–Crippen MR) is 46.2 cm³/mol. The highest BCUT2D eigenvalue weighted by Gasteiger charge is 1.82. The van der Waals surface area contributed by atoms with Gasteiger partial charge in [-0.2, -0.15) is 15.9 Å². The number of hydrogen-bond donors (Lipinski definition) is 0. The molecule has 0 bridgehead atoms. The van der Waals surface area contributed by atoms with Crippen LogP contribution in [0.4, 0.5) is 0 Å². The van der Waals surface area contributed by atoms with Crippen molar-refractivity contribution in [3.8, 4) is 6.19 Å². The van der Waals surface area contributed by atoms with E-state index in [-0.39, 0.29) is 0 Å². The molecule has 0 spiro atoms. The monoisotopic (exact) mass is 179 g/mol. The molecule has 0 aliphatic heterocycles. The Morgan fingerprint density at radius 3 is 2.67 bits per heavy atom. The Bertz CT molecular complexity index is 360. The summed E-state index contributed by atoms with van der Waals surface area (Å²) >= 11 is 0. The van der Waals surface area contributed by atoms with Gasteiger partial charge in [-0.3, -0.25) is 4.36 Å². The zero-order chi connectivity index (χ0) is 8.81. The van der Waals surface area contributed by atoms with Gasteiger partial charge in [0.05, 0.1) is 0 Å². The Hall–Kier alpha value is -1.34. The molecule has 12 heavy (non-hydrogen) atoms. The molecule has 1 rings (SSSR count). The van der Waals surface area contributed by atoms with Crippen LogP contribution < -0.4 is 0 Å². The molecule has 0 aromatic heterocycles. The van der Waals surface area contributed by atoms with E-state index in [1.807, 2.05) is 30.3 Å². The molecule has 4 heteroatoms. The Kier molecular flexibility index (Phi) is 3.30. The highest BCUT2D eigenvalue weighted by Crippen LogP contribution is 2.00. The molecule has 3 nitrogen and oxygen atoms in total. The average Bonchev–Trinajstić information content (AvgIpc) is 2.06. The van der Waals surface area contributed by atoms with E-state index in [2.05, 4.69) is 4.36 Å². The molecule has 0 N–H and O–H groups in total. The molecule has 0 radical (unpaired) electrons. The van der Waals surface area contributed by atoms with E-state index >= 15 is 0 Å². The highest BCUT2D eigenvalue weighted by atomic mass is 32.2. The maximum absolute atomic E-state index is 10.9. The lowest BCUT2D eigenvalue weighted by molar-refractivity contribution is 0.600. The van der Waals surface area contributed by atoms with Gasteiger partial charge in [0.2, 0.25) is 0 Å². The predicted octanol–water partition coefficient (Wildman–Crippen LogP) is 1.82. The molecule has 0 saturated heterocycles. The Labute approximate surface area is 72.9 Å². The fraction of sp³-hybridized carbons (Fsp3) is 0.125. The summed E-state index contributed by atoms with van der Waals surface area (Å²) in [4.78, 5) is 0. The molecule has 0 amide bonds. The quantitative estimate of drug-likeness (QED) is 0.513. The van der Waals surface area contributed by atoms with Crippen molar-refractivity contribution < 1.29 is 4.21 Å². The SMILES string of the molecule is N#CN=[S-](=O)Cc1ccccc1. The van der Waals surface area contributed by atoms with Gasteiger partial charge < -0.3 is 4.21 Å². The van der Waals surface area contributed by atoms with Crippen LogP contribution in [0.5, 0.6) is 0 Å². The van der Waals surface area contributed by atoms with E-state index < -0.39 is 10.6 Å². The van der Waals surface area contributed by atoms with E-state index in [9.17, 15) is 4.21 Å². The van der Waals surface area contributed by atoms with E-state index in [0.717, 1.165) is 5.56 Å². The summed E-state index contributed by atoms with van der Waals surface area (Å²) in [5, 5.41) is 8.10. The van der Waals surface area contributed by atoms with Crippen LogP contribution in [0.15, 0.2) is 34.7 Å². The van der Waals surface area contributed by atoms with Crippen molar-refractivity contribution in [2.24, 2.45) is 4.36 Å². The number of benzene rings is 1. The van der Waals surface area contributed by atoms with Crippen molar-refractivity contribution >= 4 is 10.6 Å². The van der Waals surface area contributed by atoms with E-state index in [0.29, 0.717) is 5.75 Å². The van der Waals surface area contributed by atoms with Crippen molar-refractivity contribution in [1.29, 1.82) is 5.26 Å². The fourth-order valence-corrected chi connectivity index (χ4v) is 1.43. The van der Waals surface area contributed by atoms with E-state index in [4.69, 9.17) is 5.26 Å². The van der Waals surface area contributed by atoms with Crippen LogP contribution in [0.25, 0.3) is 0 Å². The first-order chi connectivity index (χ1) is 5.83. The summed E-state index contributed by atoms with van der Waals surface area (Å²) in [5.41, 5.74) is 0.926. The third-order valence-corrected chi connectivity index (χ3v) is 2.14. The van der Waals surface area contributed by atoms with Gasteiger partial charge in [0.1, 0.15) is 0 Å². The van der Waals surface area contributed by atoms with Crippen molar-refractivity contribution in [1.82, 2.24) is 0 Å². The lowest BCUT2D eigenvalue weighted by Crippen LogP contribution is -1.83. The van der Waals surface area contributed by atoms with Crippen LogP contribution in [0, 0.1) is 11.5 Å². The lowest BCUT2D eigenvalue weighted by Gasteiger charge is -2.00. The first-order valence-corrected chi connectivity index (χ1v) is 4.63.